The molecule has 2 aliphatic carbocycles. The number of ether oxygens (including phenoxy) is 2. The van der Waals surface area contributed by atoms with Crippen molar-refractivity contribution in [3.8, 4) is 22.5 Å². The molecule has 16 heteroatoms. The van der Waals surface area contributed by atoms with E-state index in [0.717, 1.165) is 36.8 Å². The van der Waals surface area contributed by atoms with Crippen LogP contribution in [0.5, 0.6) is 0 Å². The largest absolute Gasteiger partial charge is 0.453 e. The first-order valence-electron chi connectivity index (χ1n) is 20.3. The highest BCUT2D eigenvalue weighted by molar-refractivity contribution is 5.89. The Morgan fingerprint density at radius 2 is 1.41 bits per heavy atom. The molecular weight excluding hydrogens is 753 g/mol. The van der Waals surface area contributed by atoms with E-state index in [9.17, 15) is 19.2 Å². The van der Waals surface area contributed by atoms with Gasteiger partial charge in [-0.15, -0.1) is 0 Å². The van der Waals surface area contributed by atoms with Crippen LogP contribution >= 0.6 is 0 Å². The molecule has 4 fully saturated rings. The Balaban J connectivity index is 0.971. The average Bonchev–Trinajstić information content (AvgIpc) is 3.99. The van der Waals surface area contributed by atoms with Crippen molar-refractivity contribution in [3.63, 3.8) is 0 Å². The van der Waals surface area contributed by atoms with Crippen LogP contribution in [0.3, 0.4) is 0 Å². The second-order valence-corrected chi connectivity index (χ2v) is 16.9. The minimum atomic E-state index is -0.720. The lowest BCUT2D eigenvalue weighted by Crippen LogP contribution is -2.54. The van der Waals surface area contributed by atoms with Gasteiger partial charge in [0.2, 0.25) is 11.8 Å². The molecule has 6 N–H and O–H groups in total. The maximum Gasteiger partial charge on any atom is 0.407 e. The van der Waals surface area contributed by atoms with E-state index in [-0.39, 0.29) is 47.8 Å². The quantitative estimate of drug-likeness (QED) is 0.111. The van der Waals surface area contributed by atoms with Crippen LogP contribution in [0.2, 0.25) is 0 Å². The van der Waals surface area contributed by atoms with Crippen molar-refractivity contribution in [2.45, 2.75) is 89.6 Å². The standard InChI is InChI=1S/C43H52N10O6/c1-20(2)37(50-42(56)58-6)40(54)52-33(14-25-15-34(25)52)22(5)47-29-12-23(8-10-27(29)44)24-9-11-28-30(13-24)45-18-31(48-28)32-19-46-39(49-32)36-17-26-16-35(26)53(36)41(55)38(21(3)4)51-43(57)59-7/h8-13,18-21,25-26,33-38,47H,5,14-17,44H2,1-4,6-7H3,(H,46,49)(H,50,56)(H,51,57)/t25-,26+,33-,34+,35+,36-,37-,38-/m0/s1. The fourth-order valence-electron chi connectivity index (χ4n) is 8.88. The molecule has 2 aliphatic heterocycles. The summed E-state index contributed by atoms with van der Waals surface area (Å²) >= 11 is 0. The number of amides is 4. The second-order valence-electron chi connectivity index (χ2n) is 16.9. The maximum atomic E-state index is 13.9. The molecule has 0 spiro atoms. The van der Waals surface area contributed by atoms with Gasteiger partial charge in [0.05, 0.1) is 66.8 Å². The summed E-state index contributed by atoms with van der Waals surface area (Å²) in [7, 11) is 2.57. The van der Waals surface area contributed by atoms with Gasteiger partial charge < -0.3 is 45.9 Å². The highest BCUT2D eigenvalue weighted by Gasteiger charge is 2.57. The lowest BCUT2D eigenvalue weighted by Gasteiger charge is -2.34. The zero-order valence-corrected chi connectivity index (χ0v) is 34.2. The van der Waals surface area contributed by atoms with E-state index in [2.05, 4.69) is 27.5 Å². The monoisotopic (exact) mass is 804 g/mol. The van der Waals surface area contributed by atoms with Crippen molar-refractivity contribution in [2.75, 3.05) is 25.3 Å². The van der Waals surface area contributed by atoms with E-state index in [4.69, 9.17) is 30.2 Å². The van der Waals surface area contributed by atoms with Crippen LogP contribution in [0.1, 0.15) is 65.2 Å². The van der Waals surface area contributed by atoms with Crippen molar-refractivity contribution in [3.05, 3.63) is 66.9 Å². The number of H-pyrrole nitrogens is 1. The fourth-order valence-corrected chi connectivity index (χ4v) is 8.88. The number of aromatic amines is 1. The Morgan fingerprint density at radius 3 is 2.07 bits per heavy atom. The number of hydrogen-bond acceptors (Lipinski definition) is 11. The number of nitrogens with zero attached hydrogens (tertiary/aromatic N) is 5. The van der Waals surface area contributed by atoms with Crippen LogP contribution in [0, 0.1) is 23.7 Å². The third-order valence-corrected chi connectivity index (χ3v) is 12.3. The van der Waals surface area contributed by atoms with Crippen molar-refractivity contribution in [1.29, 1.82) is 0 Å². The normalized spacial score (nSPS) is 23.7. The summed E-state index contributed by atoms with van der Waals surface area (Å²) in [5, 5.41) is 8.86. The number of imidazole rings is 1. The lowest BCUT2D eigenvalue weighted by molar-refractivity contribution is -0.137. The SMILES string of the molecule is C=C(Nc1cc(-c2ccc3nc(-c4cnc([C@@H]5C[C@H]6C[C@H]6N5C(=O)[C@@H](NC(=O)OC)C(C)C)[nH]4)cnc3c2)ccc1N)[C@@H]1C[C@H]2C[C@H]2N1C(=O)[C@@H](NC(=O)OC)C(C)C. The number of nitrogens with two attached hydrogens (primary N) is 1. The summed E-state index contributed by atoms with van der Waals surface area (Å²) in [6.45, 7) is 12.0. The van der Waals surface area contributed by atoms with Crippen molar-refractivity contribution in [2.24, 2.45) is 23.7 Å². The summed E-state index contributed by atoms with van der Waals surface area (Å²) in [4.78, 5) is 73.4. The molecular formula is C43H52N10O6. The number of aromatic nitrogens is 4. The Morgan fingerprint density at radius 1 is 0.797 bits per heavy atom. The number of likely N-dealkylation sites (tertiary alicyclic amines) is 2. The molecule has 0 bridgehead atoms. The number of methoxy groups -OCH3 is 2. The van der Waals surface area contributed by atoms with Gasteiger partial charge in [0.1, 0.15) is 23.6 Å². The van der Waals surface area contributed by atoms with Crippen LogP contribution in [-0.4, -0.2) is 98.2 Å². The molecule has 2 aromatic carbocycles. The predicted octanol–water partition coefficient (Wildman–Crippen LogP) is 5.61. The van der Waals surface area contributed by atoms with Crippen molar-refractivity contribution >= 4 is 46.4 Å². The Bertz CT molecular complexity index is 2330. The van der Waals surface area contributed by atoms with E-state index in [1.807, 2.05) is 73.9 Å². The van der Waals surface area contributed by atoms with Gasteiger partial charge in [0, 0.05) is 17.8 Å². The number of carbonyl (C=O) groups is 4. The van der Waals surface area contributed by atoms with Crippen LogP contribution in [0.15, 0.2) is 61.1 Å². The molecule has 2 aromatic heterocycles. The minimum Gasteiger partial charge on any atom is -0.453 e. The van der Waals surface area contributed by atoms with Gasteiger partial charge in [0.25, 0.3) is 0 Å². The minimum absolute atomic E-state index is 0.115. The highest BCUT2D eigenvalue weighted by atomic mass is 16.5. The van der Waals surface area contributed by atoms with Gasteiger partial charge in [0.15, 0.2) is 0 Å². The Labute approximate surface area is 342 Å². The van der Waals surface area contributed by atoms with Crippen LogP contribution in [-0.2, 0) is 19.1 Å². The van der Waals surface area contributed by atoms with E-state index < -0.39 is 24.3 Å². The van der Waals surface area contributed by atoms with E-state index >= 15 is 0 Å². The van der Waals surface area contributed by atoms with Gasteiger partial charge in [-0.25, -0.2) is 19.6 Å². The number of anilines is 2. The molecule has 0 unspecified atom stereocenters. The van der Waals surface area contributed by atoms with Crippen LogP contribution < -0.4 is 21.7 Å². The molecule has 2 saturated carbocycles. The molecule has 4 aliphatic rings. The zero-order valence-electron chi connectivity index (χ0n) is 34.2. The number of rotatable bonds is 12. The highest BCUT2D eigenvalue weighted by Crippen LogP contribution is 2.53. The van der Waals surface area contributed by atoms with E-state index in [1.54, 1.807) is 12.4 Å². The average molecular weight is 805 g/mol. The molecule has 310 valence electrons. The summed E-state index contributed by atoms with van der Waals surface area (Å²) in [5.41, 5.74) is 12.9. The molecule has 2 saturated heterocycles. The maximum absolute atomic E-state index is 13.9. The number of hydrogen-bond donors (Lipinski definition) is 5. The third-order valence-electron chi connectivity index (χ3n) is 12.3. The second kappa shape index (κ2) is 15.5. The van der Waals surface area contributed by atoms with Gasteiger partial charge in [-0.2, -0.15) is 0 Å². The molecule has 0 radical (unpaired) electrons. The van der Waals surface area contributed by atoms with Crippen LogP contribution in [0.25, 0.3) is 33.5 Å². The van der Waals surface area contributed by atoms with Crippen molar-refractivity contribution < 1.29 is 28.7 Å². The summed E-state index contributed by atoms with van der Waals surface area (Å²) in [6, 6.07) is 9.93. The van der Waals surface area contributed by atoms with Gasteiger partial charge in [-0.3, -0.25) is 14.6 Å². The molecule has 4 heterocycles. The predicted molar refractivity (Wildman–Crippen MR) is 221 cm³/mol. The zero-order chi connectivity index (χ0) is 41.9. The molecule has 8 rings (SSSR count). The topological polar surface area (TPSA) is 210 Å². The van der Waals surface area contributed by atoms with Gasteiger partial charge >= 0.3 is 12.2 Å². The number of nitrogens with one attached hydrogen (secondary N) is 4. The first-order chi connectivity index (χ1) is 28.3. The molecule has 4 aromatic rings. The summed E-state index contributed by atoms with van der Waals surface area (Å²) in [5.74, 6) is 0.935. The molecule has 16 nitrogen and oxygen atoms in total. The summed E-state index contributed by atoms with van der Waals surface area (Å²) < 4.78 is 9.59. The van der Waals surface area contributed by atoms with Gasteiger partial charge in [-0.1, -0.05) is 46.4 Å². The Hall–Kier alpha value is -6.19. The number of benzene rings is 2. The number of alkyl carbamates (subject to hydrolysis) is 2. The van der Waals surface area contributed by atoms with Crippen LogP contribution in [0.4, 0.5) is 21.0 Å². The smallest absolute Gasteiger partial charge is 0.407 e. The number of piperidine rings is 2. The number of carbonyl (C=O) groups excluding carboxylic acids is 4. The van der Waals surface area contributed by atoms with E-state index in [1.165, 1.54) is 14.2 Å². The molecule has 8 atom stereocenters. The van der Waals surface area contributed by atoms with Gasteiger partial charge in [-0.05, 0) is 84.7 Å². The first kappa shape index (κ1) is 39.6. The van der Waals surface area contributed by atoms with Crippen molar-refractivity contribution in [1.82, 2.24) is 40.4 Å². The first-order valence-corrected chi connectivity index (χ1v) is 20.3. The number of nitrogen functional groups attached to an aromatic ring is 1. The number of fused-ring (bicyclic) bond motifs is 3. The molecule has 4 amide bonds. The lowest BCUT2D eigenvalue weighted by atomic mass is 10.0. The third kappa shape index (κ3) is 7.63. The fraction of sp³-hybridized carbons (Fsp3) is 0.465. The Kier molecular flexibility index (Phi) is 10.4. The molecule has 59 heavy (non-hydrogen) atoms. The van der Waals surface area contributed by atoms with E-state index in [0.29, 0.717) is 57.2 Å². The summed E-state index contributed by atoms with van der Waals surface area (Å²) in [6.07, 6.45) is 5.62.